The van der Waals surface area contributed by atoms with Crippen molar-refractivity contribution in [3.63, 3.8) is 0 Å². The first-order valence-corrected chi connectivity index (χ1v) is 5.65. The summed E-state index contributed by atoms with van der Waals surface area (Å²) in [5, 5.41) is 4.48. The van der Waals surface area contributed by atoms with Crippen LogP contribution in [0.1, 0.15) is 11.3 Å². The molecule has 3 heteroatoms. The Morgan fingerprint density at radius 3 is 3.06 bits per heavy atom. The van der Waals surface area contributed by atoms with Gasteiger partial charge >= 0.3 is 0 Å². The highest BCUT2D eigenvalue weighted by molar-refractivity contribution is 5.89. The number of fused-ring (bicyclic) bond motifs is 4. The smallest absolute Gasteiger partial charge is 0.152 e. The lowest BCUT2D eigenvalue weighted by Crippen LogP contribution is -2.40. The van der Waals surface area contributed by atoms with E-state index in [-0.39, 0.29) is 5.54 Å². The molecule has 4 rings (SSSR count). The third-order valence-corrected chi connectivity index (χ3v) is 3.39. The Morgan fingerprint density at radius 1 is 1.24 bits per heavy atom. The van der Waals surface area contributed by atoms with E-state index < -0.39 is 0 Å². The molecule has 0 bridgehead atoms. The van der Waals surface area contributed by atoms with Gasteiger partial charge in [-0.2, -0.15) is 0 Å². The fraction of sp³-hybridized carbons (Fsp3) is 0.143. The van der Waals surface area contributed by atoms with Gasteiger partial charge in [-0.25, -0.2) is 0 Å². The fourth-order valence-electron chi connectivity index (χ4n) is 2.52. The predicted molar refractivity (Wildman–Crippen MR) is 65.2 cm³/mol. The van der Waals surface area contributed by atoms with Gasteiger partial charge in [-0.1, -0.05) is 18.2 Å². The number of para-hydroxylation sites is 1. The van der Waals surface area contributed by atoms with E-state index in [1.54, 1.807) is 6.26 Å². The Bertz CT molecular complexity index is 653. The highest BCUT2D eigenvalue weighted by Gasteiger charge is 2.40. The van der Waals surface area contributed by atoms with Gasteiger partial charge < -0.3 is 14.5 Å². The summed E-state index contributed by atoms with van der Waals surface area (Å²) >= 11 is 0. The van der Waals surface area contributed by atoms with Gasteiger partial charge in [-0.05, 0) is 24.4 Å². The Morgan fingerprint density at radius 2 is 2.18 bits per heavy atom. The maximum atomic E-state index is 5.98. The van der Waals surface area contributed by atoms with E-state index in [0.717, 1.165) is 22.3 Å². The highest BCUT2D eigenvalue weighted by Crippen LogP contribution is 2.39. The Hall–Kier alpha value is -2.16. The zero-order valence-corrected chi connectivity index (χ0v) is 9.14. The molecule has 1 atom stereocenters. The molecule has 0 fully saturated rings. The second kappa shape index (κ2) is 2.94. The van der Waals surface area contributed by atoms with E-state index in [4.69, 9.17) is 9.15 Å². The first-order valence-electron chi connectivity index (χ1n) is 5.65. The lowest BCUT2D eigenvalue weighted by molar-refractivity contribution is 0.201. The van der Waals surface area contributed by atoms with Gasteiger partial charge in [0.2, 0.25) is 0 Å². The molecule has 17 heavy (non-hydrogen) atoms. The van der Waals surface area contributed by atoms with Crippen molar-refractivity contribution in [2.75, 3.05) is 6.61 Å². The van der Waals surface area contributed by atoms with Crippen LogP contribution in [0, 0.1) is 0 Å². The maximum absolute atomic E-state index is 5.98. The average Bonchev–Trinajstić information content (AvgIpc) is 2.96. The van der Waals surface area contributed by atoms with Crippen molar-refractivity contribution in [2.24, 2.45) is 0 Å². The van der Waals surface area contributed by atoms with E-state index in [0.29, 0.717) is 6.61 Å². The van der Waals surface area contributed by atoms with Crippen LogP contribution in [0.5, 0.6) is 0 Å². The van der Waals surface area contributed by atoms with E-state index >= 15 is 0 Å². The van der Waals surface area contributed by atoms with E-state index in [2.05, 4.69) is 17.5 Å². The van der Waals surface area contributed by atoms with Gasteiger partial charge in [0, 0.05) is 10.9 Å². The van der Waals surface area contributed by atoms with Gasteiger partial charge in [-0.3, -0.25) is 0 Å². The molecule has 1 aromatic heterocycles. The molecule has 0 aliphatic carbocycles. The molecule has 1 aromatic carbocycles. The van der Waals surface area contributed by atoms with Gasteiger partial charge in [0.25, 0.3) is 0 Å². The topological polar surface area (TPSA) is 34.4 Å². The lowest BCUT2D eigenvalue weighted by Gasteiger charge is -2.27. The van der Waals surface area contributed by atoms with Crippen molar-refractivity contribution in [1.82, 2.24) is 5.32 Å². The van der Waals surface area contributed by atoms with E-state index in [1.807, 2.05) is 30.5 Å². The van der Waals surface area contributed by atoms with Crippen LogP contribution in [-0.4, -0.2) is 6.61 Å². The zero-order chi connectivity index (χ0) is 11.3. The number of benzene rings is 1. The summed E-state index contributed by atoms with van der Waals surface area (Å²) in [4.78, 5) is 0. The molecule has 0 saturated heterocycles. The normalized spacial score (nSPS) is 24.9. The van der Waals surface area contributed by atoms with Gasteiger partial charge in [0.1, 0.15) is 18.0 Å². The molecule has 3 heterocycles. The van der Waals surface area contributed by atoms with Crippen molar-refractivity contribution < 1.29 is 9.15 Å². The van der Waals surface area contributed by atoms with Crippen LogP contribution in [0.4, 0.5) is 0 Å². The van der Waals surface area contributed by atoms with Gasteiger partial charge in [0.15, 0.2) is 5.54 Å². The quantitative estimate of drug-likeness (QED) is 0.748. The summed E-state index contributed by atoms with van der Waals surface area (Å²) in [6.07, 6.45) is 7.75. The Balaban J connectivity index is 2.06. The zero-order valence-electron chi connectivity index (χ0n) is 9.14. The first kappa shape index (κ1) is 8.93. The molecule has 2 aliphatic heterocycles. The fourth-order valence-corrected chi connectivity index (χ4v) is 2.52. The van der Waals surface area contributed by atoms with Crippen molar-refractivity contribution in [3.05, 3.63) is 54.1 Å². The number of hydrogen-bond acceptors (Lipinski definition) is 3. The van der Waals surface area contributed by atoms with E-state index in [1.165, 1.54) is 0 Å². The molecule has 2 aromatic rings. The Kier molecular flexibility index (Phi) is 1.55. The number of hydrogen-bond donors (Lipinski definition) is 1. The number of ether oxygens (including phenoxy) is 1. The molecule has 2 aliphatic rings. The van der Waals surface area contributed by atoms with Crippen molar-refractivity contribution in [2.45, 2.75) is 5.54 Å². The molecule has 0 saturated carbocycles. The SMILES string of the molecule is C1=Cc2c(oc3ccccc23)C2(C=COC2)N1. The minimum atomic E-state index is -0.330. The van der Waals surface area contributed by atoms with Crippen molar-refractivity contribution in [3.8, 4) is 0 Å². The number of furan rings is 1. The molecule has 3 nitrogen and oxygen atoms in total. The summed E-state index contributed by atoms with van der Waals surface area (Å²) in [5.74, 6) is 0.940. The molecule has 84 valence electrons. The number of rotatable bonds is 0. The largest absolute Gasteiger partial charge is 0.498 e. The van der Waals surface area contributed by atoms with Crippen molar-refractivity contribution >= 4 is 17.0 Å². The monoisotopic (exact) mass is 225 g/mol. The van der Waals surface area contributed by atoms with Crippen LogP contribution in [-0.2, 0) is 10.3 Å². The minimum Gasteiger partial charge on any atom is -0.498 e. The van der Waals surface area contributed by atoms with Crippen LogP contribution in [0.15, 0.2) is 47.2 Å². The summed E-state index contributed by atoms with van der Waals surface area (Å²) in [6.45, 7) is 0.574. The Labute approximate surface area is 98.4 Å². The molecular formula is C14H11NO2. The van der Waals surface area contributed by atoms with Crippen molar-refractivity contribution in [1.29, 1.82) is 0 Å². The third kappa shape index (κ3) is 1.06. The minimum absolute atomic E-state index is 0.330. The molecule has 1 unspecified atom stereocenters. The lowest BCUT2D eigenvalue weighted by atomic mass is 9.92. The van der Waals surface area contributed by atoms with Gasteiger partial charge in [-0.15, -0.1) is 0 Å². The van der Waals surface area contributed by atoms with E-state index in [9.17, 15) is 0 Å². The summed E-state index contributed by atoms with van der Waals surface area (Å²) in [7, 11) is 0. The van der Waals surface area contributed by atoms with Crippen LogP contribution < -0.4 is 5.32 Å². The second-order valence-electron chi connectivity index (χ2n) is 4.40. The number of nitrogens with one attached hydrogen (secondary N) is 1. The highest BCUT2D eigenvalue weighted by atomic mass is 16.5. The third-order valence-electron chi connectivity index (χ3n) is 3.39. The van der Waals surface area contributed by atoms with Crippen LogP contribution in [0.2, 0.25) is 0 Å². The molecule has 0 amide bonds. The van der Waals surface area contributed by atoms with Crippen LogP contribution in [0.25, 0.3) is 17.0 Å². The first-order chi connectivity index (χ1) is 8.39. The van der Waals surface area contributed by atoms with Crippen LogP contribution in [0.3, 0.4) is 0 Å². The molecule has 1 N–H and O–H groups in total. The maximum Gasteiger partial charge on any atom is 0.152 e. The summed E-state index contributed by atoms with van der Waals surface area (Å²) in [5.41, 5.74) is 1.74. The summed E-state index contributed by atoms with van der Waals surface area (Å²) in [6, 6.07) is 8.10. The summed E-state index contributed by atoms with van der Waals surface area (Å²) < 4.78 is 11.3. The average molecular weight is 225 g/mol. The molecule has 0 radical (unpaired) electrons. The standard InChI is InChI=1S/C14H11NO2/c1-2-4-12-10(3-1)11-5-7-15-14(13(11)17-12)6-8-16-9-14/h1-8,15H,9H2. The second-order valence-corrected chi connectivity index (χ2v) is 4.40. The molecular weight excluding hydrogens is 214 g/mol. The van der Waals surface area contributed by atoms with Crippen LogP contribution >= 0.6 is 0 Å². The van der Waals surface area contributed by atoms with Gasteiger partial charge in [0.05, 0.1) is 6.26 Å². The molecule has 1 spiro atoms. The predicted octanol–water partition coefficient (Wildman–Crippen LogP) is 2.75.